The Balaban J connectivity index is 0.000000876. The Morgan fingerprint density at radius 2 is 1.65 bits per heavy atom. The number of pyridine rings is 1. The van der Waals surface area contributed by atoms with Crippen LogP contribution in [-0.2, 0) is 24.2 Å². The zero-order chi connectivity index (χ0) is 40.8. The first-order chi connectivity index (χ1) is 25.8. The Kier molecular flexibility index (Phi) is 13.0. The number of aromatic nitrogens is 1. The lowest BCUT2D eigenvalue weighted by Gasteiger charge is -2.31. The maximum atomic E-state index is 15.9. The van der Waals surface area contributed by atoms with Gasteiger partial charge in [0.1, 0.15) is 17.4 Å². The van der Waals surface area contributed by atoms with Gasteiger partial charge in [-0.2, -0.15) is 13.2 Å². The van der Waals surface area contributed by atoms with Gasteiger partial charge in [-0.25, -0.2) is 27.4 Å². The van der Waals surface area contributed by atoms with Crippen molar-refractivity contribution in [1.29, 1.82) is 0 Å². The number of hydrogen-bond donors (Lipinski definition) is 3. The second-order valence-electron chi connectivity index (χ2n) is 12.3. The highest BCUT2D eigenvalue weighted by Crippen LogP contribution is 2.42. The number of fused-ring (bicyclic) bond motifs is 1. The van der Waals surface area contributed by atoms with Crippen molar-refractivity contribution >= 4 is 50.1 Å². The molecule has 5 rings (SSSR count). The minimum absolute atomic E-state index is 0.0214. The summed E-state index contributed by atoms with van der Waals surface area (Å²) in [6.45, 7) is 3.36. The van der Waals surface area contributed by atoms with Crippen molar-refractivity contribution in [3.63, 3.8) is 0 Å². The van der Waals surface area contributed by atoms with Crippen LogP contribution in [0.1, 0.15) is 50.0 Å². The highest BCUT2D eigenvalue weighted by Gasteiger charge is 2.40. The van der Waals surface area contributed by atoms with E-state index >= 15 is 4.39 Å². The summed E-state index contributed by atoms with van der Waals surface area (Å²) in [5.74, 6) is -3.28. The summed E-state index contributed by atoms with van der Waals surface area (Å²) in [6, 6.07) is 12.8. The van der Waals surface area contributed by atoms with Crippen LogP contribution in [0.3, 0.4) is 0 Å². The van der Waals surface area contributed by atoms with Gasteiger partial charge in [-0.05, 0) is 86.2 Å². The molecule has 1 saturated heterocycles. The molecule has 1 aliphatic rings. The first-order valence-corrected chi connectivity index (χ1v) is 17.9. The molecule has 2 atom stereocenters. The van der Waals surface area contributed by atoms with Crippen molar-refractivity contribution in [2.75, 3.05) is 38.9 Å². The number of anilines is 2. The highest BCUT2D eigenvalue weighted by atomic mass is 32.2. The number of aliphatic carboxylic acids is 1. The number of methoxy groups -OCH3 is 3. The molecular formula is C36H38F4N4O10S. The van der Waals surface area contributed by atoms with Crippen molar-refractivity contribution in [1.82, 2.24) is 9.88 Å². The van der Waals surface area contributed by atoms with Crippen LogP contribution < -0.4 is 25.3 Å². The summed E-state index contributed by atoms with van der Waals surface area (Å²) >= 11 is 0. The Hall–Kier alpha value is -5.85. The smallest absolute Gasteiger partial charge is 0.490 e. The zero-order valence-electron chi connectivity index (χ0n) is 30.1. The summed E-state index contributed by atoms with van der Waals surface area (Å²) in [7, 11) is 0.134. The summed E-state index contributed by atoms with van der Waals surface area (Å²) < 4.78 is 96.4. The average molecular weight is 795 g/mol. The molecule has 0 spiro atoms. The third kappa shape index (κ3) is 9.45. The molecule has 0 saturated carbocycles. The second-order valence-corrected chi connectivity index (χ2v) is 14.7. The quantitative estimate of drug-likeness (QED) is 0.149. The summed E-state index contributed by atoms with van der Waals surface area (Å²) in [4.78, 5) is 41.2. The summed E-state index contributed by atoms with van der Waals surface area (Å²) in [5, 5.41) is 10.3. The van der Waals surface area contributed by atoms with E-state index in [-0.39, 0.29) is 39.9 Å². The number of carbonyl (C=O) groups excluding carboxylic acids is 2. The van der Waals surface area contributed by atoms with Crippen molar-refractivity contribution in [2.45, 2.75) is 55.2 Å². The molecule has 0 aliphatic carbocycles. The minimum atomic E-state index is -5.08. The number of benzene rings is 3. The number of nitrogen functional groups attached to an aromatic ring is 1. The maximum Gasteiger partial charge on any atom is 0.490 e. The van der Waals surface area contributed by atoms with Crippen LogP contribution in [0.2, 0.25) is 0 Å². The fourth-order valence-corrected chi connectivity index (χ4v) is 7.07. The number of carboxylic acids is 1. The number of ether oxygens (including phenoxy) is 4. The van der Waals surface area contributed by atoms with E-state index in [0.29, 0.717) is 35.0 Å². The molecule has 0 unspecified atom stereocenters. The molecule has 1 aliphatic heterocycles. The normalized spacial score (nSPS) is 14.8. The predicted molar refractivity (Wildman–Crippen MR) is 191 cm³/mol. The molecule has 0 bridgehead atoms. The van der Waals surface area contributed by atoms with E-state index in [4.69, 9.17) is 34.6 Å². The third-order valence-electron chi connectivity index (χ3n) is 8.54. The SMILES string of the molecule is COC(=O)Nc1ccc(S(=O)(=O)C(C)C)c([C@H]2CCCN2C(=O)[C@H](Oc2ccc3c(N)nccc3c2)c2cc(OC)c(OC)cc2F)c1.O=C(O)C(F)(F)F. The van der Waals surface area contributed by atoms with Crippen LogP contribution in [0.25, 0.3) is 10.8 Å². The highest BCUT2D eigenvalue weighted by molar-refractivity contribution is 7.92. The zero-order valence-corrected chi connectivity index (χ0v) is 31.0. The Labute approximate surface area is 313 Å². The Morgan fingerprint density at radius 3 is 2.25 bits per heavy atom. The summed E-state index contributed by atoms with van der Waals surface area (Å²) in [6.07, 6.45) is -4.89. The molecule has 19 heteroatoms. The molecular weight excluding hydrogens is 756 g/mol. The van der Waals surface area contributed by atoms with Gasteiger partial charge in [0.2, 0.25) is 6.10 Å². The van der Waals surface area contributed by atoms with Crippen LogP contribution in [0.5, 0.6) is 17.2 Å². The van der Waals surface area contributed by atoms with Crippen molar-refractivity contribution in [2.24, 2.45) is 0 Å². The summed E-state index contributed by atoms with van der Waals surface area (Å²) in [5.41, 5.74) is 6.50. The van der Waals surface area contributed by atoms with Gasteiger partial charge in [-0.1, -0.05) is 0 Å². The van der Waals surface area contributed by atoms with E-state index in [0.717, 1.165) is 6.07 Å². The first kappa shape index (κ1) is 41.9. The molecule has 1 fully saturated rings. The number of carbonyl (C=O) groups is 3. The lowest BCUT2D eigenvalue weighted by Crippen LogP contribution is -2.38. The van der Waals surface area contributed by atoms with Gasteiger partial charge in [-0.15, -0.1) is 0 Å². The first-order valence-electron chi connectivity index (χ1n) is 16.4. The maximum absolute atomic E-state index is 15.9. The molecule has 14 nitrogen and oxygen atoms in total. The van der Waals surface area contributed by atoms with E-state index in [1.165, 1.54) is 50.5 Å². The molecule has 4 N–H and O–H groups in total. The fraction of sp³-hybridized carbons (Fsp3) is 0.333. The van der Waals surface area contributed by atoms with E-state index in [1.54, 1.807) is 44.3 Å². The average Bonchev–Trinajstić information content (AvgIpc) is 3.63. The lowest BCUT2D eigenvalue weighted by atomic mass is 10.0. The number of amides is 2. The topological polar surface area (TPSA) is 197 Å². The number of carboxylic acid groups (broad SMARTS) is 1. The number of alkyl halides is 3. The van der Waals surface area contributed by atoms with E-state index in [9.17, 15) is 31.2 Å². The largest absolute Gasteiger partial charge is 0.493 e. The van der Waals surface area contributed by atoms with Gasteiger partial charge in [0.25, 0.3) is 5.91 Å². The molecule has 2 amide bonds. The van der Waals surface area contributed by atoms with Gasteiger partial charge in [0.15, 0.2) is 21.3 Å². The molecule has 0 radical (unpaired) electrons. The number of likely N-dealkylation sites (tertiary alicyclic amines) is 1. The van der Waals surface area contributed by atoms with Crippen LogP contribution in [0.4, 0.5) is 33.9 Å². The van der Waals surface area contributed by atoms with E-state index in [1.807, 2.05) is 0 Å². The van der Waals surface area contributed by atoms with Gasteiger partial charge in [-0.3, -0.25) is 10.1 Å². The molecule has 3 aromatic carbocycles. The molecule has 4 aromatic rings. The fourth-order valence-electron chi connectivity index (χ4n) is 5.78. The predicted octanol–water partition coefficient (Wildman–Crippen LogP) is 6.45. The monoisotopic (exact) mass is 794 g/mol. The number of nitrogens with one attached hydrogen (secondary N) is 1. The van der Waals surface area contributed by atoms with Crippen LogP contribution in [0.15, 0.2) is 65.7 Å². The van der Waals surface area contributed by atoms with Crippen LogP contribution in [-0.4, -0.2) is 80.7 Å². The van der Waals surface area contributed by atoms with Crippen LogP contribution >= 0.6 is 0 Å². The van der Waals surface area contributed by atoms with E-state index < -0.39 is 57.2 Å². The van der Waals surface area contributed by atoms with Gasteiger partial charge in [0, 0.05) is 35.4 Å². The standard InChI is InChI=1S/C34H37FN4O8S.C2HF3O2/c1-19(2)48(42,43)30-11-8-21(38-34(41)46-5)16-25(30)27-7-6-14-39(27)33(40)31(24-17-28(44-3)29(45-4)18-26(24)35)47-22-9-10-23-20(15-22)12-13-37-32(23)36;3-2(4,5)1(6)7/h8-13,15-19,27,31H,6-7,14H2,1-5H3,(H2,36,37)(H,38,41);(H,6,7)/t27-,31-;/m1./s1. The second kappa shape index (κ2) is 17.1. The number of rotatable bonds is 10. The van der Waals surface area contributed by atoms with Gasteiger partial charge >= 0.3 is 18.2 Å². The van der Waals surface area contributed by atoms with Crippen LogP contribution in [0, 0.1) is 5.82 Å². The molecule has 296 valence electrons. The number of nitrogens with two attached hydrogens (primary N) is 1. The number of hydrogen-bond acceptors (Lipinski definition) is 11. The van der Waals surface area contributed by atoms with Crippen molar-refractivity contribution in [3.05, 3.63) is 77.7 Å². The van der Waals surface area contributed by atoms with Crippen molar-refractivity contribution < 1.29 is 64.4 Å². The number of sulfone groups is 1. The van der Waals surface area contributed by atoms with E-state index in [2.05, 4.69) is 10.3 Å². The number of halogens is 4. The third-order valence-corrected chi connectivity index (χ3v) is 10.8. The molecule has 2 heterocycles. The number of nitrogens with zero attached hydrogens (tertiary/aromatic N) is 2. The van der Waals surface area contributed by atoms with Crippen molar-refractivity contribution in [3.8, 4) is 17.2 Å². The molecule has 1 aromatic heterocycles. The Morgan fingerprint density at radius 1 is 1.00 bits per heavy atom. The Bertz CT molecular complexity index is 2180. The van der Waals surface area contributed by atoms with Gasteiger partial charge in [0.05, 0.1) is 37.5 Å². The minimum Gasteiger partial charge on any atom is -0.493 e. The lowest BCUT2D eigenvalue weighted by molar-refractivity contribution is -0.192. The molecule has 55 heavy (non-hydrogen) atoms. The van der Waals surface area contributed by atoms with Gasteiger partial charge < -0.3 is 34.7 Å².